The highest BCUT2D eigenvalue weighted by atomic mass is 79.9. The Morgan fingerprint density at radius 1 is 1.11 bits per heavy atom. The normalized spacial score (nSPS) is 13.8. The molecule has 0 unspecified atom stereocenters. The third-order valence-electron chi connectivity index (χ3n) is 0.367. The van der Waals surface area contributed by atoms with Crippen LogP contribution in [-0.4, -0.2) is 0 Å². The second-order valence-corrected chi connectivity index (χ2v) is 1.84. The highest BCUT2D eigenvalue weighted by molar-refractivity contribution is 9.11. The molecule has 0 spiro atoms. The number of ether oxygens (including phenoxy) is 1. The van der Waals surface area contributed by atoms with Crippen LogP contribution in [0.15, 0.2) is 22.0 Å². The third-order valence-corrected chi connectivity index (χ3v) is 1.09. The Balaban J connectivity index is 3.75. The summed E-state index contributed by atoms with van der Waals surface area (Å²) in [6, 6.07) is -2.08. The summed E-state index contributed by atoms with van der Waals surface area (Å²) < 4.78 is 27.6. The average Bonchev–Trinajstić information content (AvgIpc) is 1.87. The summed E-state index contributed by atoms with van der Waals surface area (Å²) in [5, 5.41) is 0. The Morgan fingerprint density at radius 2 is 1.44 bits per heavy atom. The Labute approximate surface area is 67.6 Å². The molecule has 5 heteroatoms. The second kappa shape index (κ2) is 4.93. The van der Waals surface area contributed by atoms with Gasteiger partial charge >= 0.3 is 0 Å². The minimum absolute atomic E-state index is 0.822. The Kier molecular flexibility index (Phi) is 4.99. The molecule has 1 nitrogen and oxygen atoms in total. The molecule has 0 amide bonds. The second-order valence-electron chi connectivity index (χ2n) is 0.929. The smallest absolute Gasteiger partial charge is 0.287 e. The molecule has 0 bridgehead atoms. The molecule has 0 heterocycles. The van der Waals surface area contributed by atoms with Gasteiger partial charge in [-0.3, -0.25) is 0 Å². The maximum absolute atomic E-state index is 11.9. The van der Waals surface area contributed by atoms with Crippen molar-refractivity contribution in [2.45, 2.75) is 0 Å². The number of hydrogen-bond acceptors (Lipinski definition) is 1. The first-order valence-electron chi connectivity index (χ1n) is 1.80. The van der Waals surface area contributed by atoms with E-state index in [9.17, 15) is 8.78 Å². The van der Waals surface area contributed by atoms with Gasteiger partial charge in [0.05, 0.1) is 9.97 Å². The zero-order valence-electron chi connectivity index (χ0n) is 4.07. The Morgan fingerprint density at radius 3 is 1.67 bits per heavy atom. The van der Waals surface area contributed by atoms with Crippen LogP contribution in [0.2, 0.25) is 0 Å². The highest BCUT2D eigenvalue weighted by Crippen LogP contribution is 2.11. The number of rotatable bonds is 2. The van der Waals surface area contributed by atoms with Gasteiger partial charge in [0.1, 0.15) is 0 Å². The maximum Gasteiger partial charge on any atom is 0.287 e. The largest absolute Gasteiger partial charge is 0.403 e. The summed E-state index contributed by atoms with van der Waals surface area (Å²) in [6.45, 7) is 0. The van der Waals surface area contributed by atoms with Crippen molar-refractivity contribution in [3.05, 3.63) is 22.0 Å². The SMILES string of the molecule is FC(=CBr)OC(F)=CBr. The molecule has 9 heavy (non-hydrogen) atoms. The van der Waals surface area contributed by atoms with E-state index in [0.29, 0.717) is 0 Å². The average molecular weight is 264 g/mol. The quantitative estimate of drug-likeness (QED) is 0.695. The van der Waals surface area contributed by atoms with Gasteiger partial charge in [0.2, 0.25) is 0 Å². The Bertz CT molecular complexity index is 128. The predicted octanol–water partition coefficient (Wildman–Crippen LogP) is 3.33. The fourth-order valence-corrected chi connectivity index (χ4v) is 0.325. The number of halogens is 4. The maximum atomic E-state index is 11.9. The molecule has 0 aromatic heterocycles. The lowest BCUT2D eigenvalue weighted by Gasteiger charge is -1.93. The van der Waals surface area contributed by atoms with Crippen molar-refractivity contribution in [3.8, 4) is 0 Å². The molecule has 0 aliphatic rings. The van der Waals surface area contributed by atoms with Crippen molar-refractivity contribution < 1.29 is 13.5 Å². The summed E-state index contributed by atoms with van der Waals surface area (Å²) in [7, 11) is 0. The lowest BCUT2D eigenvalue weighted by atomic mass is 11.0. The molecule has 52 valence electrons. The van der Waals surface area contributed by atoms with Gasteiger partial charge in [0, 0.05) is 0 Å². The first-order chi connectivity index (χ1) is 4.20. The van der Waals surface area contributed by atoms with Gasteiger partial charge in [0.15, 0.2) is 0 Å². The number of hydrogen-bond donors (Lipinski definition) is 0. The van der Waals surface area contributed by atoms with Gasteiger partial charge in [0.25, 0.3) is 12.0 Å². The van der Waals surface area contributed by atoms with E-state index in [1.165, 1.54) is 0 Å². The first-order valence-corrected chi connectivity index (χ1v) is 3.63. The molecular weight excluding hydrogens is 262 g/mol. The molecule has 0 fully saturated rings. The van der Waals surface area contributed by atoms with Crippen molar-refractivity contribution in [3.63, 3.8) is 0 Å². The van der Waals surface area contributed by atoms with Crippen LogP contribution in [0.25, 0.3) is 0 Å². The molecule has 0 saturated carbocycles. The van der Waals surface area contributed by atoms with Gasteiger partial charge in [-0.05, 0) is 0 Å². The van der Waals surface area contributed by atoms with Gasteiger partial charge in [-0.15, -0.1) is 0 Å². The van der Waals surface area contributed by atoms with E-state index in [0.717, 1.165) is 9.97 Å². The highest BCUT2D eigenvalue weighted by Gasteiger charge is 1.96. The van der Waals surface area contributed by atoms with Crippen molar-refractivity contribution in [2.24, 2.45) is 0 Å². The monoisotopic (exact) mass is 262 g/mol. The lowest BCUT2D eigenvalue weighted by Crippen LogP contribution is -1.78. The van der Waals surface area contributed by atoms with Gasteiger partial charge < -0.3 is 4.74 Å². The molecule has 0 atom stereocenters. The summed E-state index contributed by atoms with van der Waals surface area (Å²) in [5.41, 5.74) is 0. The molecule has 0 saturated heterocycles. The molecule has 0 rings (SSSR count). The lowest BCUT2D eigenvalue weighted by molar-refractivity contribution is 0.157. The zero-order chi connectivity index (χ0) is 7.28. The van der Waals surface area contributed by atoms with E-state index in [1.54, 1.807) is 0 Å². The standard InChI is InChI=1S/C4H2Br2F2O/c5-1-3(7)9-4(8)2-6/h1-2H. The fourth-order valence-electron chi connectivity index (χ4n) is 0.138. The van der Waals surface area contributed by atoms with E-state index >= 15 is 0 Å². The minimum atomic E-state index is -1.04. The van der Waals surface area contributed by atoms with Crippen molar-refractivity contribution >= 4 is 31.9 Å². The van der Waals surface area contributed by atoms with Crippen LogP contribution < -0.4 is 0 Å². The van der Waals surface area contributed by atoms with E-state index in [4.69, 9.17) is 0 Å². The predicted molar refractivity (Wildman–Crippen MR) is 37.3 cm³/mol. The van der Waals surface area contributed by atoms with E-state index < -0.39 is 12.0 Å². The van der Waals surface area contributed by atoms with Crippen molar-refractivity contribution in [2.75, 3.05) is 0 Å². The molecule has 0 aromatic rings. The van der Waals surface area contributed by atoms with Crippen molar-refractivity contribution in [1.82, 2.24) is 0 Å². The molecule has 0 aromatic carbocycles. The summed E-state index contributed by atoms with van der Waals surface area (Å²) in [6.07, 6.45) is 0. The first kappa shape index (κ1) is 9.10. The van der Waals surface area contributed by atoms with Crippen LogP contribution in [0, 0.1) is 0 Å². The topological polar surface area (TPSA) is 9.23 Å². The van der Waals surface area contributed by atoms with Crippen LogP contribution in [0.3, 0.4) is 0 Å². The minimum Gasteiger partial charge on any atom is -0.403 e. The molecular formula is C4H2Br2F2O. The summed E-state index contributed by atoms with van der Waals surface area (Å²) in [4.78, 5) is 1.65. The summed E-state index contributed by atoms with van der Waals surface area (Å²) in [5.74, 6) is 0. The molecule has 0 radical (unpaired) electrons. The molecule has 0 aliphatic heterocycles. The molecule has 0 N–H and O–H groups in total. The van der Waals surface area contributed by atoms with E-state index in [1.807, 2.05) is 0 Å². The van der Waals surface area contributed by atoms with Crippen LogP contribution in [0.1, 0.15) is 0 Å². The van der Waals surface area contributed by atoms with Gasteiger partial charge in [-0.1, -0.05) is 31.9 Å². The van der Waals surface area contributed by atoms with Gasteiger partial charge in [-0.25, -0.2) is 0 Å². The Hall–Kier alpha value is 0.1000. The van der Waals surface area contributed by atoms with Gasteiger partial charge in [-0.2, -0.15) is 8.78 Å². The zero-order valence-corrected chi connectivity index (χ0v) is 7.25. The van der Waals surface area contributed by atoms with Crippen LogP contribution in [-0.2, 0) is 4.74 Å². The van der Waals surface area contributed by atoms with E-state index in [-0.39, 0.29) is 0 Å². The van der Waals surface area contributed by atoms with E-state index in [2.05, 4.69) is 36.6 Å². The van der Waals surface area contributed by atoms with Crippen molar-refractivity contribution in [1.29, 1.82) is 0 Å². The van der Waals surface area contributed by atoms with Crippen LogP contribution in [0.5, 0.6) is 0 Å². The molecule has 0 aliphatic carbocycles. The fraction of sp³-hybridized carbons (Fsp3) is 0. The third kappa shape index (κ3) is 4.59. The summed E-state index contributed by atoms with van der Waals surface area (Å²) >= 11 is 5.20. The van der Waals surface area contributed by atoms with Crippen LogP contribution >= 0.6 is 31.9 Å². The van der Waals surface area contributed by atoms with Crippen LogP contribution in [0.4, 0.5) is 8.78 Å².